The van der Waals surface area contributed by atoms with Crippen molar-refractivity contribution in [3.05, 3.63) is 63.7 Å². The summed E-state index contributed by atoms with van der Waals surface area (Å²) in [6.07, 6.45) is 3.07. The number of hydrogen-bond donors (Lipinski definition) is 7. The molecule has 268 valence electrons. The molecule has 51 heavy (non-hydrogen) atoms. The molecule has 1 aromatic heterocycles. The number of nitrogen functional groups attached to an aromatic ring is 1. The number of sulfone groups is 1. The maximum absolute atomic E-state index is 13.4. The molecule has 0 aliphatic carbocycles. The molecule has 6 rings (SSSR count). The average molecular weight is 779 g/mol. The van der Waals surface area contributed by atoms with Crippen LogP contribution in [0.15, 0.2) is 73.0 Å². The van der Waals surface area contributed by atoms with E-state index in [1.807, 2.05) is 0 Å². The Labute approximate surface area is 300 Å². The van der Waals surface area contributed by atoms with Gasteiger partial charge in [0.25, 0.3) is 5.91 Å². The Kier molecular flexibility index (Phi) is 9.60. The molecule has 5 heterocycles. The fourth-order valence-electron chi connectivity index (χ4n) is 4.98. The number of amides is 3. The molecule has 4 aliphatic heterocycles. The summed E-state index contributed by atoms with van der Waals surface area (Å²) >= 11 is 2.93. The molecule has 2 atom stereocenters. The zero-order valence-corrected chi connectivity index (χ0v) is 29.2. The number of aromatic nitrogens is 1. The van der Waals surface area contributed by atoms with Crippen LogP contribution in [0.4, 0.5) is 9.93 Å². The lowest BCUT2D eigenvalue weighted by Crippen LogP contribution is -2.67. The number of aliphatic imine (C=N–C) groups is 1. The molecule has 0 radical (unpaired) electrons. The van der Waals surface area contributed by atoms with Gasteiger partial charge in [-0.3, -0.25) is 9.59 Å². The molecule has 0 unspecified atom stereocenters. The average Bonchev–Trinajstić information content (AvgIpc) is 3.69. The maximum Gasteiger partial charge on any atom is 0.352 e. The lowest BCUT2D eigenvalue weighted by Gasteiger charge is -2.51. The van der Waals surface area contributed by atoms with Crippen molar-refractivity contribution in [1.29, 1.82) is 0 Å². The number of carboxylic acids is 1. The highest BCUT2D eigenvalue weighted by molar-refractivity contribution is 8.15. The molecule has 1 aromatic carbocycles. The number of urea groups is 1. The van der Waals surface area contributed by atoms with Crippen LogP contribution >= 0.6 is 34.9 Å². The van der Waals surface area contributed by atoms with Gasteiger partial charge in [-0.1, -0.05) is 16.9 Å². The number of primary amides is 1. The number of benzene rings is 1. The lowest BCUT2D eigenvalue weighted by molar-refractivity contribution is -0.136. The van der Waals surface area contributed by atoms with Crippen LogP contribution in [0, 0.1) is 0 Å². The highest BCUT2D eigenvalue weighted by Crippen LogP contribution is 2.42. The Morgan fingerprint density at radius 2 is 2.02 bits per heavy atom. The number of nitrogens with one attached hydrogen (secondary N) is 2. The number of fused-ring (bicyclic) bond motifs is 2. The van der Waals surface area contributed by atoms with Gasteiger partial charge in [0, 0.05) is 35.0 Å². The van der Waals surface area contributed by atoms with E-state index in [0.29, 0.717) is 16.6 Å². The first kappa shape index (κ1) is 35.5. The second-order valence-corrected chi connectivity index (χ2v) is 15.8. The van der Waals surface area contributed by atoms with E-state index in [9.17, 15) is 42.9 Å². The Morgan fingerprint density at radius 3 is 2.69 bits per heavy atom. The Balaban J connectivity index is 1.15. The van der Waals surface area contributed by atoms with Gasteiger partial charge in [0.15, 0.2) is 28.2 Å². The minimum Gasteiger partial charge on any atom is -0.504 e. The van der Waals surface area contributed by atoms with Crippen molar-refractivity contribution < 1.29 is 47.8 Å². The first-order valence-electron chi connectivity index (χ1n) is 14.3. The molecule has 0 spiro atoms. The maximum atomic E-state index is 13.4. The zero-order chi connectivity index (χ0) is 36.8. The Hall–Kier alpha value is -5.30. The van der Waals surface area contributed by atoms with E-state index in [0.717, 1.165) is 58.1 Å². The van der Waals surface area contributed by atoms with Gasteiger partial charge in [-0.25, -0.2) is 38.0 Å². The molecule has 20 nitrogen and oxygen atoms in total. The molecule has 1 saturated heterocycles. The summed E-state index contributed by atoms with van der Waals surface area (Å²) < 4.78 is 25.4. The lowest BCUT2D eigenvalue weighted by atomic mass is 10.0. The van der Waals surface area contributed by atoms with E-state index in [1.165, 1.54) is 21.5 Å². The Morgan fingerprint density at radius 1 is 1.25 bits per heavy atom. The number of hydrogen-bond acceptors (Lipinski definition) is 19. The number of aliphatic carboxylic acids is 1. The molecule has 0 bridgehead atoms. The predicted molar refractivity (Wildman–Crippen MR) is 184 cm³/mol. The fourth-order valence-corrected chi connectivity index (χ4v) is 8.76. The Bertz CT molecular complexity index is 2130. The van der Waals surface area contributed by atoms with Crippen molar-refractivity contribution in [2.75, 3.05) is 24.0 Å². The number of allylic oxidation sites excluding steroid dienone is 1. The molecular formula is C27H26N10O10S4. The van der Waals surface area contributed by atoms with E-state index in [2.05, 4.69) is 26.0 Å². The first-order chi connectivity index (χ1) is 24.1. The summed E-state index contributed by atoms with van der Waals surface area (Å²) in [5.74, 6) is -4.15. The number of nitrogens with two attached hydrogens (primary N) is 2. The monoisotopic (exact) mass is 778 g/mol. The van der Waals surface area contributed by atoms with E-state index < -0.39 is 67.4 Å². The number of carboxylic acid groups (broad SMARTS) is 1. The van der Waals surface area contributed by atoms with Crippen molar-refractivity contribution in [1.82, 2.24) is 30.8 Å². The SMILES string of the molecule is CC1=NC2=CN(C(N)=O)NN2C(SCC2=C(C(=O)O)N3C[C@@H](NC(=O)/C(=N\OCS(=O)(=O)c4ccc(O)c(O)c4)c4csc(N)n4)[C@H]3SC2=O)=C1. The highest BCUT2D eigenvalue weighted by Gasteiger charge is 2.50. The van der Waals surface area contributed by atoms with Gasteiger partial charge in [-0.05, 0) is 25.1 Å². The second kappa shape index (κ2) is 13.8. The number of thioether (sulfide) groups is 2. The van der Waals surface area contributed by atoms with Gasteiger partial charge >= 0.3 is 12.0 Å². The summed E-state index contributed by atoms with van der Waals surface area (Å²) in [6.45, 7) is 1.73. The third-order valence-electron chi connectivity index (χ3n) is 7.39. The van der Waals surface area contributed by atoms with E-state index in [1.54, 1.807) is 13.0 Å². The van der Waals surface area contributed by atoms with Crippen LogP contribution in [0.5, 0.6) is 11.5 Å². The van der Waals surface area contributed by atoms with Crippen LogP contribution in [-0.4, -0.2) is 108 Å². The van der Waals surface area contributed by atoms with Gasteiger partial charge < -0.3 is 41.8 Å². The first-order valence-corrected chi connectivity index (χ1v) is 18.7. The van der Waals surface area contributed by atoms with E-state index >= 15 is 0 Å². The van der Waals surface area contributed by atoms with Crippen molar-refractivity contribution in [2.24, 2.45) is 15.9 Å². The summed E-state index contributed by atoms with van der Waals surface area (Å²) in [5.41, 5.74) is 13.7. The zero-order valence-electron chi connectivity index (χ0n) is 25.9. The van der Waals surface area contributed by atoms with Gasteiger partial charge in [-0.15, -0.1) is 28.6 Å². The van der Waals surface area contributed by atoms with E-state index in [4.69, 9.17) is 16.3 Å². The largest absolute Gasteiger partial charge is 0.504 e. The number of anilines is 1. The number of carbonyl (C=O) groups is 4. The van der Waals surface area contributed by atoms with Gasteiger partial charge in [-0.2, -0.15) is 0 Å². The molecule has 1 fully saturated rings. The smallest absolute Gasteiger partial charge is 0.352 e. The van der Waals surface area contributed by atoms with Crippen LogP contribution in [0.25, 0.3) is 0 Å². The van der Waals surface area contributed by atoms with Gasteiger partial charge in [0.2, 0.25) is 20.9 Å². The normalized spacial score (nSPS) is 20.2. The van der Waals surface area contributed by atoms with Crippen molar-refractivity contribution in [3.63, 3.8) is 0 Å². The molecular weight excluding hydrogens is 753 g/mol. The molecule has 2 aromatic rings. The van der Waals surface area contributed by atoms with Crippen LogP contribution in [0.2, 0.25) is 0 Å². The number of oxime groups is 1. The summed E-state index contributed by atoms with van der Waals surface area (Å²) in [7, 11) is -4.20. The number of carbonyl (C=O) groups excluding carboxylic acids is 3. The topological polar surface area (TPSA) is 296 Å². The van der Waals surface area contributed by atoms with Crippen LogP contribution in [0.3, 0.4) is 0 Å². The van der Waals surface area contributed by atoms with Crippen molar-refractivity contribution in [2.45, 2.75) is 23.2 Å². The quantitative estimate of drug-likeness (QED) is 0.0897. The van der Waals surface area contributed by atoms with Crippen molar-refractivity contribution in [3.8, 4) is 11.5 Å². The number of aromatic hydroxyl groups is 2. The molecule has 0 saturated carbocycles. The summed E-state index contributed by atoms with van der Waals surface area (Å²) in [5, 5.41) is 38.8. The minimum absolute atomic E-state index is 0.00114. The highest BCUT2D eigenvalue weighted by atomic mass is 32.2. The van der Waals surface area contributed by atoms with Crippen LogP contribution in [0.1, 0.15) is 12.6 Å². The number of nitrogens with zero attached hydrogens (tertiary/aromatic N) is 6. The number of hydrazine groups is 2. The molecule has 9 N–H and O–H groups in total. The number of phenolic OH excluding ortho intramolecular Hbond substituents is 2. The van der Waals surface area contributed by atoms with Gasteiger partial charge in [0.1, 0.15) is 16.8 Å². The van der Waals surface area contributed by atoms with Crippen LogP contribution < -0.4 is 22.3 Å². The van der Waals surface area contributed by atoms with Crippen molar-refractivity contribution >= 4 is 84.3 Å². The number of rotatable bonds is 11. The standard InChI is InChI=1S/C27H26N10O10S4/c1-11-4-19(37-18(30-11)7-36(34-37)27(29)44)48-8-13-21(24(41)42)35-6-14(23(35)50-25(13)43)31-22(40)20(15-9-49-26(28)32-15)33-47-10-51(45,46)12-2-3-16(38)17(39)5-12/h2-5,7,9,14,23,34,38-39H,6,8,10H2,1H3,(H2,28,32)(H2,29,44)(H,31,40)(H,41,42)/b33-20-/t14-,23-/m1/s1. The molecule has 3 amide bonds. The third-order valence-corrected chi connectivity index (χ3v) is 11.8. The number of phenols is 2. The third kappa shape index (κ3) is 7.16. The number of thiazole rings is 1. The minimum atomic E-state index is -4.20. The fraction of sp³-hybridized carbons (Fsp3) is 0.222. The van der Waals surface area contributed by atoms with Crippen LogP contribution in [-0.2, 0) is 29.1 Å². The molecule has 4 aliphatic rings. The summed E-state index contributed by atoms with van der Waals surface area (Å²) in [6, 6.07) is 1.31. The van der Waals surface area contributed by atoms with Gasteiger partial charge in [0.05, 0.1) is 22.2 Å². The summed E-state index contributed by atoms with van der Waals surface area (Å²) in [4.78, 5) is 65.4. The second-order valence-electron chi connectivity index (χ2n) is 10.8. The molecule has 24 heteroatoms. The van der Waals surface area contributed by atoms with E-state index in [-0.39, 0.29) is 39.3 Å². The predicted octanol–water partition coefficient (Wildman–Crippen LogP) is -0.00890.